The maximum Gasteiger partial charge on any atom is 0.342 e. The molecule has 13 aromatic rings. The Kier molecular flexibility index (Phi) is 11.1. The van der Waals surface area contributed by atoms with Crippen LogP contribution in [0.25, 0.3) is 86.6 Å². The lowest BCUT2D eigenvalue weighted by Crippen LogP contribution is -2.60. The molecule has 15 rings (SSSR count). The fraction of sp³-hybridized carbons (Fsp3) is 0.162. The third-order valence-corrected chi connectivity index (χ3v) is 19.0. The van der Waals surface area contributed by atoms with E-state index in [1.165, 1.54) is 59.1 Å². The molecular weight excluding hydrogens is 1020 g/mol. The van der Waals surface area contributed by atoms with Crippen molar-refractivity contribution in [1.29, 1.82) is 0 Å². The molecule has 4 nitrogen and oxygen atoms in total. The van der Waals surface area contributed by atoms with Gasteiger partial charge >= 0.3 is 6.71 Å². The third kappa shape index (κ3) is 7.91. The summed E-state index contributed by atoms with van der Waals surface area (Å²) in [7, 11) is 0. The number of furan rings is 2. The van der Waals surface area contributed by atoms with Gasteiger partial charge in [0.05, 0.1) is 22.7 Å². The summed E-state index contributed by atoms with van der Waals surface area (Å²) in [5, 5.41) is 9.33. The summed E-state index contributed by atoms with van der Waals surface area (Å²) in [5.74, 6) is 0. The van der Waals surface area contributed by atoms with E-state index in [9.17, 15) is 0 Å². The zero-order valence-corrected chi connectivity index (χ0v) is 48.9. The van der Waals surface area contributed by atoms with E-state index in [0.717, 1.165) is 95.1 Å². The molecule has 2 aliphatic heterocycles. The molecular formula is C74H61BN2O2S2. The highest BCUT2D eigenvalue weighted by atomic mass is 32.1. The van der Waals surface area contributed by atoms with Crippen LogP contribution >= 0.6 is 22.7 Å². The number of benzene rings is 9. The van der Waals surface area contributed by atoms with E-state index in [2.05, 4.69) is 277 Å². The summed E-state index contributed by atoms with van der Waals surface area (Å²) in [6.45, 7) is 20.5. The Balaban J connectivity index is 1.08. The lowest BCUT2D eigenvalue weighted by Gasteiger charge is -2.42. The van der Waals surface area contributed by atoms with E-state index in [-0.39, 0.29) is 16.2 Å². The number of rotatable bonds is 6. The lowest BCUT2D eigenvalue weighted by atomic mass is 9.37. The monoisotopic (exact) mass is 1080 g/mol. The summed E-state index contributed by atoms with van der Waals surface area (Å²) >= 11 is 3.61. The average Bonchev–Trinajstić information content (AvgIpc) is 4.43. The van der Waals surface area contributed by atoms with E-state index in [0.29, 0.717) is 0 Å². The van der Waals surface area contributed by atoms with Crippen LogP contribution in [0.4, 0.5) is 34.1 Å². The molecule has 4 aromatic heterocycles. The standard InChI is InChI=1S/C74H61BN2O2S2/c1-72(2,3)48-30-34-63-55(38-48)68-70(78-63)75-67-61(76(68)59-32-28-46(36-53(59)44-20-12-10-13-21-44)57-42-80-65-26-18-16-24-51(57)65)40-50(74(7,8)9)41-62(67)77(69-56-39-49(73(4,5)6)31-35-64(56)79-71(69)75)60-33-29-47(37-54(60)45-22-14-11-15-23-45)58-43-81-66-27-19-17-25-52(58)66/h10-43H,1-9H3. The van der Waals surface area contributed by atoms with Crippen LogP contribution in [-0.4, -0.2) is 6.71 Å². The number of thiophene rings is 2. The van der Waals surface area contributed by atoms with Crippen molar-refractivity contribution in [1.82, 2.24) is 0 Å². The van der Waals surface area contributed by atoms with Crippen LogP contribution in [0.15, 0.2) is 214 Å². The third-order valence-electron chi connectivity index (χ3n) is 17.1. The predicted octanol–water partition coefficient (Wildman–Crippen LogP) is 20.3. The fourth-order valence-electron chi connectivity index (χ4n) is 12.7. The highest BCUT2D eigenvalue weighted by Gasteiger charge is 2.51. The Morgan fingerprint density at radius 1 is 0.346 bits per heavy atom. The Bertz CT molecular complexity index is 4380. The Hall–Kier alpha value is -8.36. The minimum Gasteiger partial charge on any atom is -0.468 e. The second kappa shape index (κ2) is 18.1. The van der Waals surface area contributed by atoms with Gasteiger partial charge in [0.15, 0.2) is 0 Å². The van der Waals surface area contributed by atoms with Crippen molar-refractivity contribution in [3.63, 3.8) is 0 Å². The van der Waals surface area contributed by atoms with Gasteiger partial charge in [-0.25, -0.2) is 0 Å². The number of nitrogens with zero attached hydrogens (tertiary/aromatic N) is 2. The van der Waals surface area contributed by atoms with Crippen molar-refractivity contribution in [3.05, 3.63) is 222 Å². The predicted molar refractivity (Wildman–Crippen MR) is 349 cm³/mol. The quantitative estimate of drug-likeness (QED) is 0.155. The normalized spacial score (nSPS) is 13.4. The van der Waals surface area contributed by atoms with Gasteiger partial charge in [0, 0.05) is 64.6 Å². The molecule has 0 radical (unpaired) electrons. The lowest BCUT2D eigenvalue weighted by molar-refractivity contribution is 0.590. The van der Waals surface area contributed by atoms with Gasteiger partial charge < -0.3 is 18.6 Å². The summed E-state index contributed by atoms with van der Waals surface area (Å²) in [4.78, 5) is 5.14. The number of fused-ring (bicyclic) bond motifs is 10. The molecule has 2 aliphatic rings. The minimum atomic E-state index is -0.397. The first-order valence-electron chi connectivity index (χ1n) is 28.3. The van der Waals surface area contributed by atoms with Gasteiger partial charge in [-0.15, -0.1) is 22.7 Å². The summed E-state index contributed by atoms with van der Waals surface area (Å²) in [5.41, 5.74) is 23.7. The van der Waals surface area contributed by atoms with Crippen LogP contribution < -0.4 is 26.6 Å². The largest absolute Gasteiger partial charge is 0.468 e. The SMILES string of the molecule is CC(C)(C)c1cc2c3c(c1)N(c1ccc(-c4csc5ccccc45)cc1-c1ccccc1)c1c(oc4ccc(C(C)(C)C)cc14)B3c1oc3ccc(C(C)(C)C)cc3c1N2c1ccc(-c2csc3ccccc23)cc1-c1ccccc1. The molecule has 6 heterocycles. The Labute approximate surface area is 482 Å². The van der Waals surface area contributed by atoms with Crippen LogP contribution in [-0.2, 0) is 16.2 Å². The van der Waals surface area contributed by atoms with Gasteiger partial charge in [-0.1, -0.05) is 184 Å². The average molecular weight is 1090 g/mol. The Morgan fingerprint density at radius 3 is 1.17 bits per heavy atom. The van der Waals surface area contributed by atoms with E-state index >= 15 is 0 Å². The van der Waals surface area contributed by atoms with Crippen LogP contribution in [0, 0.1) is 0 Å². The number of hydrogen-bond acceptors (Lipinski definition) is 6. The molecule has 0 amide bonds. The minimum absolute atomic E-state index is 0.118. The zero-order valence-electron chi connectivity index (χ0n) is 47.2. The molecule has 0 N–H and O–H groups in total. The van der Waals surface area contributed by atoms with Gasteiger partial charge in [-0.05, 0) is 144 Å². The van der Waals surface area contributed by atoms with Crippen LogP contribution in [0.1, 0.15) is 79.0 Å². The molecule has 9 aromatic carbocycles. The number of hydrogen-bond donors (Lipinski definition) is 0. The van der Waals surface area contributed by atoms with Crippen molar-refractivity contribution in [2.24, 2.45) is 0 Å². The van der Waals surface area contributed by atoms with E-state index in [1.807, 2.05) is 0 Å². The molecule has 0 aliphatic carbocycles. The first-order chi connectivity index (χ1) is 39.1. The molecule has 0 saturated carbocycles. The van der Waals surface area contributed by atoms with Crippen molar-refractivity contribution in [2.45, 2.75) is 78.6 Å². The van der Waals surface area contributed by atoms with Crippen molar-refractivity contribution < 1.29 is 8.83 Å². The number of anilines is 6. The summed E-state index contributed by atoms with van der Waals surface area (Å²) in [6, 6.07) is 72.4. The highest BCUT2D eigenvalue weighted by Crippen LogP contribution is 2.54. The van der Waals surface area contributed by atoms with Crippen LogP contribution in [0.5, 0.6) is 0 Å². The maximum atomic E-state index is 7.57. The van der Waals surface area contributed by atoms with Crippen molar-refractivity contribution in [3.8, 4) is 44.5 Å². The zero-order chi connectivity index (χ0) is 55.3. The van der Waals surface area contributed by atoms with Gasteiger partial charge in [0.1, 0.15) is 22.5 Å². The van der Waals surface area contributed by atoms with Gasteiger partial charge in [0.2, 0.25) is 0 Å². The van der Waals surface area contributed by atoms with E-state index < -0.39 is 6.71 Å². The van der Waals surface area contributed by atoms with Crippen molar-refractivity contribution in [2.75, 3.05) is 9.80 Å². The Morgan fingerprint density at radius 2 is 0.753 bits per heavy atom. The van der Waals surface area contributed by atoms with Crippen molar-refractivity contribution >= 4 is 122 Å². The smallest absolute Gasteiger partial charge is 0.342 e. The summed E-state index contributed by atoms with van der Waals surface area (Å²) in [6.07, 6.45) is 0. The van der Waals surface area contributed by atoms with Crippen LogP contribution in [0.3, 0.4) is 0 Å². The molecule has 7 heteroatoms. The first kappa shape index (κ1) is 49.7. The molecule has 0 spiro atoms. The second-order valence-corrected chi connectivity index (χ2v) is 27.1. The maximum absolute atomic E-state index is 7.57. The molecule has 81 heavy (non-hydrogen) atoms. The molecule has 394 valence electrons. The molecule has 0 saturated heterocycles. The molecule has 0 atom stereocenters. The summed E-state index contributed by atoms with van der Waals surface area (Å²) < 4.78 is 17.7. The second-order valence-electron chi connectivity index (χ2n) is 25.3. The van der Waals surface area contributed by atoms with Gasteiger partial charge in [0.25, 0.3) is 0 Å². The molecule has 0 bridgehead atoms. The molecule has 0 unspecified atom stereocenters. The first-order valence-corrected chi connectivity index (χ1v) is 30.1. The highest BCUT2D eigenvalue weighted by molar-refractivity contribution is 7.18. The molecule has 0 fully saturated rings. The van der Waals surface area contributed by atoms with Gasteiger partial charge in [-0.3, -0.25) is 0 Å². The van der Waals surface area contributed by atoms with E-state index in [1.54, 1.807) is 22.7 Å². The van der Waals surface area contributed by atoms with Crippen LogP contribution in [0.2, 0.25) is 0 Å². The fourth-order valence-corrected chi connectivity index (χ4v) is 14.7. The topological polar surface area (TPSA) is 32.8 Å². The van der Waals surface area contributed by atoms with E-state index in [4.69, 9.17) is 8.83 Å². The van der Waals surface area contributed by atoms with Gasteiger partial charge in [-0.2, -0.15) is 0 Å².